The third-order valence-electron chi connectivity index (χ3n) is 4.32. The molecule has 2 rings (SSSR count). The lowest BCUT2D eigenvalue weighted by molar-refractivity contribution is 0.106. The summed E-state index contributed by atoms with van der Waals surface area (Å²) in [5.74, 6) is 1.31. The van der Waals surface area contributed by atoms with Gasteiger partial charge in [0.2, 0.25) is 0 Å². The van der Waals surface area contributed by atoms with Crippen LogP contribution in [0, 0.1) is 5.41 Å². The second kappa shape index (κ2) is 16.6. The third-order valence-corrected chi connectivity index (χ3v) is 4.32. The molecule has 2 aromatic rings. The highest BCUT2D eigenvalue weighted by Crippen LogP contribution is 2.19. The molecule has 1 atom stereocenters. The highest BCUT2D eigenvalue weighted by atomic mass is 18.2. The fourth-order valence-electron chi connectivity index (χ4n) is 2.60. The van der Waals surface area contributed by atoms with Gasteiger partial charge in [-0.25, -0.2) is 8.78 Å². The van der Waals surface area contributed by atoms with Crippen molar-refractivity contribution < 1.29 is 23.4 Å². The maximum absolute atomic E-state index is 11.8. The Morgan fingerprint density at radius 1 is 1.00 bits per heavy atom. The van der Waals surface area contributed by atoms with Crippen LogP contribution in [0.3, 0.4) is 0 Å². The van der Waals surface area contributed by atoms with E-state index in [-0.39, 0.29) is 19.0 Å². The summed E-state index contributed by atoms with van der Waals surface area (Å²) in [7, 11) is 0. The van der Waals surface area contributed by atoms with Gasteiger partial charge in [-0.3, -0.25) is 10.4 Å². The van der Waals surface area contributed by atoms with Crippen LogP contribution in [0.4, 0.5) is 8.78 Å². The third kappa shape index (κ3) is 13.2. The normalized spacial score (nSPS) is 11.9. The number of benzene rings is 2. The van der Waals surface area contributed by atoms with E-state index in [1.54, 1.807) is 31.2 Å². The van der Waals surface area contributed by atoms with Crippen LogP contribution >= 0.6 is 0 Å². The Hall–Kier alpha value is -3.04. The van der Waals surface area contributed by atoms with Gasteiger partial charge in [-0.05, 0) is 42.2 Å². The summed E-state index contributed by atoms with van der Waals surface area (Å²) >= 11 is 0. The molecule has 0 aliphatic carbocycles. The molecule has 0 radical (unpaired) electrons. The van der Waals surface area contributed by atoms with Crippen molar-refractivity contribution in [2.24, 2.45) is 16.5 Å². The first-order valence-corrected chi connectivity index (χ1v) is 10.6. The molecule has 9 heteroatoms. The number of aliphatic hydroxyl groups excluding tert-OH is 1. The largest absolute Gasteiger partial charge is 0.491 e. The lowest BCUT2D eigenvalue weighted by Crippen LogP contribution is -2.11. The first-order valence-electron chi connectivity index (χ1n) is 10.6. The van der Waals surface area contributed by atoms with Crippen LogP contribution < -0.4 is 16.2 Å². The van der Waals surface area contributed by atoms with Crippen molar-refractivity contribution in [1.82, 2.24) is 0 Å². The SMILES string of the molecule is CC(N)=NCc1ccc(OCC[18F])cc1.N=C(N)CCC(O)c1ccc(COCC[18F])cc1. The minimum absolute atomic E-state index is 0.0743. The number of halogens is 2. The van der Waals surface area contributed by atoms with Crippen molar-refractivity contribution in [3.05, 3.63) is 65.2 Å². The number of hydrogen-bond donors (Lipinski definition) is 4. The molecular weight excluding hydrogens is 428 g/mol. The summed E-state index contributed by atoms with van der Waals surface area (Å²) < 4.78 is 33.8. The zero-order chi connectivity index (χ0) is 24.5. The average Bonchev–Trinajstić information content (AvgIpc) is 2.81. The molecular formula is C24H34F2N4O3. The van der Waals surface area contributed by atoms with E-state index in [1.807, 2.05) is 24.3 Å². The monoisotopic (exact) mass is 462 g/mol. The van der Waals surface area contributed by atoms with Crippen LogP contribution in [0.15, 0.2) is 53.5 Å². The van der Waals surface area contributed by atoms with Crippen molar-refractivity contribution >= 4 is 11.7 Å². The van der Waals surface area contributed by atoms with Gasteiger partial charge in [0, 0.05) is 6.42 Å². The van der Waals surface area contributed by atoms with Gasteiger partial charge in [-0.15, -0.1) is 0 Å². The van der Waals surface area contributed by atoms with Crippen LogP contribution in [0.5, 0.6) is 5.75 Å². The summed E-state index contributed by atoms with van der Waals surface area (Å²) in [6, 6.07) is 14.7. The molecule has 0 amide bonds. The number of alkyl halides is 2. The first kappa shape index (κ1) is 28.0. The summed E-state index contributed by atoms with van der Waals surface area (Å²) in [5.41, 5.74) is 13.4. The summed E-state index contributed by atoms with van der Waals surface area (Å²) in [6.45, 7) is 1.92. The van der Waals surface area contributed by atoms with E-state index in [9.17, 15) is 13.9 Å². The number of hydrogen-bond acceptors (Lipinski definition) is 5. The Balaban J connectivity index is 0.000000335. The van der Waals surface area contributed by atoms with Gasteiger partial charge >= 0.3 is 0 Å². The molecule has 33 heavy (non-hydrogen) atoms. The number of ether oxygens (including phenoxy) is 2. The van der Waals surface area contributed by atoms with Crippen LogP contribution in [0.25, 0.3) is 0 Å². The van der Waals surface area contributed by atoms with E-state index in [0.29, 0.717) is 37.6 Å². The van der Waals surface area contributed by atoms with E-state index in [4.69, 9.17) is 26.4 Å². The number of amidine groups is 2. The lowest BCUT2D eigenvalue weighted by atomic mass is 10.0. The first-order chi connectivity index (χ1) is 15.8. The predicted octanol–water partition coefficient (Wildman–Crippen LogP) is 3.83. The maximum Gasteiger partial charge on any atom is 0.123 e. The Bertz CT molecular complexity index is 827. The number of aliphatic hydroxyl groups is 1. The summed E-state index contributed by atoms with van der Waals surface area (Å²) in [5, 5.41) is 16.9. The van der Waals surface area contributed by atoms with Gasteiger partial charge in [-0.2, -0.15) is 0 Å². The van der Waals surface area contributed by atoms with Crippen molar-refractivity contribution in [2.75, 3.05) is 26.6 Å². The molecule has 0 saturated heterocycles. The van der Waals surface area contributed by atoms with Crippen molar-refractivity contribution in [3.8, 4) is 5.75 Å². The molecule has 0 heterocycles. The van der Waals surface area contributed by atoms with Crippen molar-refractivity contribution in [1.29, 1.82) is 5.41 Å². The quantitative estimate of drug-likeness (QED) is 0.204. The van der Waals surface area contributed by atoms with Gasteiger partial charge in [0.1, 0.15) is 25.7 Å². The predicted molar refractivity (Wildman–Crippen MR) is 127 cm³/mol. The molecule has 0 aliphatic heterocycles. The number of nitrogens with one attached hydrogen (secondary N) is 1. The van der Waals surface area contributed by atoms with E-state index in [2.05, 4.69) is 4.99 Å². The minimum atomic E-state index is -0.616. The molecule has 6 N–H and O–H groups in total. The van der Waals surface area contributed by atoms with E-state index >= 15 is 0 Å². The zero-order valence-corrected chi connectivity index (χ0v) is 19.0. The molecule has 0 aromatic heterocycles. The summed E-state index contributed by atoms with van der Waals surface area (Å²) in [6.07, 6.45) is 0.199. The van der Waals surface area contributed by atoms with Crippen molar-refractivity contribution in [3.63, 3.8) is 0 Å². The highest BCUT2D eigenvalue weighted by Gasteiger charge is 2.07. The number of aliphatic imine (C=N–C) groups is 1. The topological polar surface area (TPSA) is 127 Å². The Morgan fingerprint density at radius 3 is 2.15 bits per heavy atom. The molecule has 1 unspecified atom stereocenters. The molecule has 0 aliphatic rings. The smallest absolute Gasteiger partial charge is 0.123 e. The van der Waals surface area contributed by atoms with Crippen LogP contribution in [-0.4, -0.2) is 43.3 Å². The standard InChI is InChI=1S/C13H19FN2O2.C11H15FN2O/c14-7-8-18-9-10-1-3-11(4-2-10)12(17)5-6-13(15)16;1-9(13)14-8-10-2-4-11(5-3-10)15-7-6-12/h1-4,12,17H,5-9H2,(H3,15,16);2-5H,6-8H2,1H3,(H2,13,14)/i14-1;12-1. The molecule has 0 saturated carbocycles. The molecule has 7 nitrogen and oxygen atoms in total. The van der Waals surface area contributed by atoms with E-state index in [1.165, 1.54) is 0 Å². The molecule has 0 bridgehead atoms. The fourth-order valence-corrected chi connectivity index (χ4v) is 2.60. The van der Waals surface area contributed by atoms with Gasteiger partial charge in [0.15, 0.2) is 0 Å². The molecule has 2 aromatic carbocycles. The highest BCUT2D eigenvalue weighted by molar-refractivity contribution is 5.77. The van der Waals surface area contributed by atoms with E-state index in [0.717, 1.165) is 16.7 Å². The Kier molecular flexibility index (Phi) is 14.1. The fraction of sp³-hybridized carbons (Fsp3) is 0.417. The minimum Gasteiger partial charge on any atom is -0.491 e. The van der Waals surface area contributed by atoms with E-state index < -0.39 is 19.5 Å². The van der Waals surface area contributed by atoms with Gasteiger partial charge in [0.05, 0.1) is 37.5 Å². The Labute approximate surface area is 193 Å². The average molecular weight is 463 g/mol. The molecule has 0 fully saturated rings. The lowest BCUT2D eigenvalue weighted by Gasteiger charge is -2.11. The number of nitrogens with two attached hydrogens (primary N) is 2. The number of rotatable bonds is 13. The van der Waals surface area contributed by atoms with Crippen LogP contribution in [0.2, 0.25) is 0 Å². The number of nitrogens with zero attached hydrogens (tertiary/aromatic N) is 1. The second-order valence-corrected chi connectivity index (χ2v) is 7.20. The second-order valence-electron chi connectivity index (χ2n) is 7.20. The van der Waals surface area contributed by atoms with Crippen LogP contribution in [0.1, 0.15) is 42.6 Å². The Morgan fingerprint density at radius 2 is 1.61 bits per heavy atom. The molecule has 0 spiro atoms. The summed E-state index contributed by atoms with van der Waals surface area (Å²) in [4.78, 5) is 4.08. The van der Waals surface area contributed by atoms with Gasteiger partial charge in [0.25, 0.3) is 0 Å². The van der Waals surface area contributed by atoms with Gasteiger partial charge < -0.3 is 26.0 Å². The molecule has 182 valence electrons. The van der Waals surface area contributed by atoms with Crippen LogP contribution in [-0.2, 0) is 17.9 Å². The zero-order valence-electron chi connectivity index (χ0n) is 19.0. The maximum atomic E-state index is 11.8. The van der Waals surface area contributed by atoms with Gasteiger partial charge in [-0.1, -0.05) is 36.4 Å². The van der Waals surface area contributed by atoms with Crippen molar-refractivity contribution in [2.45, 2.75) is 39.0 Å².